The van der Waals surface area contributed by atoms with E-state index in [9.17, 15) is 9.18 Å². The Balaban J connectivity index is 2.90. The van der Waals surface area contributed by atoms with Crippen molar-refractivity contribution in [2.24, 2.45) is 11.7 Å². The number of nitrogens with one attached hydrogen (secondary N) is 1. The molecule has 0 heterocycles. The number of hydrogen-bond acceptors (Lipinski definition) is 3. The Kier molecular flexibility index (Phi) is 5.30. The van der Waals surface area contributed by atoms with Crippen LogP contribution in [0.3, 0.4) is 0 Å². The lowest BCUT2D eigenvalue weighted by molar-refractivity contribution is -0.123. The molecule has 1 aromatic carbocycles. The molecule has 0 spiro atoms. The number of benzene rings is 1. The van der Waals surface area contributed by atoms with Gasteiger partial charge in [-0.1, -0.05) is 19.9 Å². The van der Waals surface area contributed by atoms with Gasteiger partial charge in [0.25, 0.3) is 0 Å². The number of rotatable bonds is 5. The normalized spacial score (nSPS) is 14.1. The summed E-state index contributed by atoms with van der Waals surface area (Å²) in [6.45, 7) is 5.42. The van der Waals surface area contributed by atoms with E-state index < -0.39 is 17.9 Å². The quantitative estimate of drug-likeness (QED) is 0.858. The molecule has 1 aromatic rings. The van der Waals surface area contributed by atoms with Crippen molar-refractivity contribution in [1.29, 1.82) is 0 Å². The summed E-state index contributed by atoms with van der Waals surface area (Å²) in [5.41, 5.74) is 6.09. The standard InChI is InChI=1S/C14H21FN2O2/c1-8(2)13(16)14(18)17-9(3)12-10(15)6-5-7-11(12)19-4/h5-9,13H,16H2,1-4H3,(H,17,18)/t9?,13-/m0/s1. The molecule has 4 nitrogen and oxygen atoms in total. The van der Waals surface area contributed by atoms with Crippen LogP contribution in [0.5, 0.6) is 5.75 Å². The highest BCUT2D eigenvalue weighted by Crippen LogP contribution is 2.27. The third kappa shape index (κ3) is 3.67. The van der Waals surface area contributed by atoms with Crippen molar-refractivity contribution in [1.82, 2.24) is 5.32 Å². The number of ether oxygens (including phenoxy) is 1. The number of carbonyl (C=O) groups excluding carboxylic acids is 1. The van der Waals surface area contributed by atoms with Gasteiger partial charge in [-0.05, 0) is 25.0 Å². The summed E-state index contributed by atoms with van der Waals surface area (Å²) in [4.78, 5) is 11.9. The van der Waals surface area contributed by atoms with E-state index in [2.05, 4.69) is 5.32 Å². The van der Waals surface area contributed by atoms with Crippen molar-refractivity contribution in [2.75, 3.05) is 7.11 Å². The van der Waals surface area contributed by atoms with Crippen LogP contribution in [0.1, 0.15) is 32.4 Å². The van der Waals surface area contributed by atoms with Crippen LogP contribution in [0.2, 0.25) is 0 Å². The highest BCUT2D eigenvalue weighted by atomic mass is 19.1. The van der Waals surface area contributed by atoms with E-state index in [4.69, 9.17) is 10.5 Å². The second kappa shape index (κ2) is 6.52. The molecular formula is C14H21FN2O2. The zero-order valence-electron chi connectivity index (χ0n) is 11.7. The molecule has 0 radical (unpaired) electrons. The Morgan fingerprint density at radius 2 is 2.00 bits per heavy atom. The number of nitrogens with two attached hydrogens (primary N) is 1. The van der Waals surface area contributed by atoms with Crippen LogP contribution >= 0.6 is 0 Å². The molecule has 0 bridgehead atoms. The Hall–Kier alpha value is -1.62. The number of halogens is 1. The van der Waals surface area contributed by atoms with Crippen molar-refractivity contribution in [3.05, 3.63) is 29.6 Å². The number of carbonyl (C=O) groups is 1. The van der Waals surface area contributed by atoms with E-state index in [-0.39, 0.29) is 11.8 Å². The molecule has 2 atom stereocenters. The first-order valence-electron chi connectivity index (χ1n) is 6.26. The van der Waals surface area contributed by atoms with Gasteiger partial charge in [0.15, 0.2) is 0 Å². The van der Waals surface area contributed by atoms with Crippen LogP contribution in [-0.2, 0) is 4.79 Å². The molecule has 0 aromatic heterocycles. The van der Waals surface area contributed by atoms with Crippen molar-refractivity contribution in [2.45, 2.75) is 32.9 Å². The zero-order chi connectivity index (χ0) is 14.6. The fraction of sp³-hybridized carbons (Fsp3) is 0.500. The summed E-state index contributed by atoms with van der Waals surface area (Å²) < 4.78 is 18.9. The molecule has 0 saturated carbocycles. The van der Waals surface area contributed by atoms with Gasteiger partial charge in [-0.15, -0.1) is 0 Å². The van der Waals surface area contributed by atoms with E-state index in [1.165, 1.54) is 13.2 Å². The van der Waals surface area contributed by atoms with Crippen LogP contribution in [-0.4, -0.2) is 19.1 Å². The van der Waals surface area contributed by atoms with Crippen molar-refractivity contribution in [3.8, 4) is 5.75 Å². The lowest BCUT2D eigenvalue weighted by atomic mass is 10.0. The lowest BCUT2D eigenvalue weighted by Gasteiger charge is -2.21. The maximum atomic E-state index is 13.8. The second-order valence-electron chi connectivity index (χ2n) is 4.86. The van der Waals surface area contributed by atoms with Crippen molar-refractivity contribution >= 4 is 5.91 Å². The number of hydrogen-bond donors (Lipinski definition) is 2. The smallest absolute Gasteiger partial charge is 0.237 e. The predicted molar refractivity (Wildman–Crippen MR) is 72.3 cm³/mol. The summed E-state index contributed by atoms with van der Waals surface area (Å²) in [6.07, 6.45) is 0. The van der Waals surface area contributed by atoms with Crippen LogP contribution in [0, 0.1) is 11.7 Å². The first kappa shape index (κ1) is 15.4. The highest BCUT2D eigenvalue weighted by molar-refractivity contribution is 5.82. The first-order chi connectivity index (χ1) is 8.88. The predicted octanol–water partition coefficient (Wildman–Crippen LogP) is 1.99. The van der Waals surface area contributed by atoms with Gasteiger partial charge in [0, 0.05) is 0 Å². The van der Waals surface area contributed by atoms with E-state index in [0.717, 1.165) is 0 Å². The molecule has 0 aliphatic heterocycles. The average molecular weight is 268 g/mol. The lowest BCUT2D eigenvalue weighted by Crippen LogP contribution is -2.44. The molecule has 0 fully saturated rings. The van der Waals surface area contributed by atoms with Gasteiger partial charge in [0.2, 0.25) is 5.91 Å². The molecule has 5 heteroatoms. The van der Waals surface area contributed by atoms with Crippen LogP contribution < -0.4 is 15.8 Å². The Bertz CT molecular complexity index is 449. The van der Waals surface area contributed by atoms with Crippen molar-refractivity contribution < 1.29 is 13.9 Å². The molecule has 0 saturated heterocycles. The summed E-state index contributed by atoms with van der Waals surface area (Å²) in [7, 11) is 1.46. The molecule has 1 rings (SSSR count). The summed E-state index contributed by atoms with van der Waals surface area (Å²) in [6, 6.07) is 3.44. The summed E-state index contributed by atoms with van der Waals surface area (Å²) >= 11 is 0. The molecule has 1 amide bonds. The fourth-order valence-electron chi connectivity index (χ4n) is 1.80. The molecular weight excluding hydrogens is 247 g/mol. The van der Waals surface area contributed by atoms with Gasteiger partial charge < -0.3 is 15.8 Å². The van der Waals surface area contributed by atoms with E-state index in [0.29, 0.717) is 11.3 Å². The number of methoxy groups -OCH3 is 1. The Morgan fingerprint density at radius 3 is 2.53 bits per heavy atom. The minimum atomic E-state index is -0.611. The minimum Gasteiger partial charge on any atom is -0.496 e. The van der Waals surface area contributed by atoms with Crippen LogP contribution in [0.15, 0.2) is 18.2 Å². The number of amides is 1. The highest BCUT2D eigenvalue weighted by Gasteiger charge is 2.22. The third-order valence-corrected chi connectivity index (χ3v) is 3.05. The van der Waals surface area contributed by atoms with Crippen LogP contribution in [0.25, 0.3) is 0 Å². The van der Waals surface area contributed by atoms with Gasteiger partial charge in [-0.3, -0.25) is 4.79 Å². The van der Waals surface area contributed by atoms with Gasteiger partial charge in [0.1, 0.15) is 11.6 Å². The first-order valence-corrected chi connectivity index (χ1v) is 6.26. The van der Waals surface area contributed by atoms with Crippen molar-refractivity contribution in [3.63, 3.8) is 0 Å². The Morgan fingerprint density at radius 1 is 1.37 bits per heavy atom. The largest absolute Gasteiger partial charge is 0.496 e. The topological polar surface area (TPSA) is 64.3 Å². The second-order valence-corrected chi connectivity index (χ2v) is 4.86. The van der Waals surface area contributed by atoms with Gasteiger partial charge in [-0.2, -0.15) is 0 Å². The summed E-state index contributed by atoms with van der Waals surface area (Å²) in [5.74, 6) is -0.279. The van der Waals surface area contributed by atoms with E-state index >= 15 is 0 Å². The van der Waals surface area contributed by atoms with E-state index in [1.54, 1.807) is 19.1 Å². The Labute approximate surface area is 113 Å². The zero-order valence-corrected chi connectivity index (χ0v) is 11.7. The van der Waals surface area contributed by atoms with Gasteiger partial charge >= 0.3 is 0 Å². The van der Waals surface area contributed by atoms with Gasteiger partial charge in [0.05, 0.1) is 24.8 Å². The third-order valence-electron chi connectivity index (χ3n) is 3.05. The molecule has 1 unspecified atom stereocenters. The minimum absolute atomic E-state index is 0.0229. The SMILES string of the molecule is COc1cccc(F)c1C(C)NC(=O)[C@@H](N)C(C)C. The molecule has 0 aliphatic rings. The molecule has 0 aliphatic carbocycles. The molecule has 19 heavy (non-hydrogen) atoms. The monoisotopic (exact) mass is 268 g/mol. The average Bonchev–Trinajstić information content (AvgIpc) is 2.36. The maximum absolute atomic E-state index is 13.8. The summed E-state index contributed by atoms with van der Waals surface area (Å²) in [5, 5.41) is 2.71. The molecule has 3 N–H and O–H groups in total. The van der Waals surface area contributed by atoms with Gasteiger partial charge in [-0.25, -0.2) is 4.39 Å². The maximum Gasteiger partial charge on any atom is 0.237 e. The van der Waals surface area contributed by atoms with E-state index in [1.807, 2.05) is 13.8 Å². The van der Waals surface area contributed by atoms with Crippen LogP contribution in [0.4, 0.5) is 4.39 Å². The fourth-order valence-corrected chi connectivity index (χ4v) is 1.80. The molecule has 106 valence electrons.